The molecule has 8 heteroatoms. The van der Waals surface area contributed by atoms with Crippen LogP contribution in [0.25, 0.3) is 0 Å². The predicted octanol–water partition coefficient (Wildman–Crippen LogP) is 1.48. The van der Waals surface area contributed by atoms with Gasteiger partial charge in [-0.3, -0.25) is 0 Å². The maximum atomic E-state index is 12.3. The summed E-state index contributed by atoms with van der Waals surface area (Å²) in [6.07, 6.45) is 0. The van der Waals surface area contributed by atoms with Crippen LogP contribution in [0.2, 0.25) is 0 Å². The number of sulfone groups is 1. The molecule has 1 fully saturated rings. The monoisotopic (exact) mass is 335 g/mol. The number of aryl methyl sites for hydroxylation is 1. The molecule has 1 aromatic rings. The molecule has 1 unspecified atom stereocenters. The molecule has 114 valence electrons. The van der Waals surface area contributed by atoms with Crippen LogP contribution in [0, 0.1) is 6.92 Å². The van der Waals surface area contributed by atoms with Crippen molar-refractivity contribution in [3.05, 3.63) is 10.6 Å². The Hall–Kier alpha value is -0.310. The summed E-state index contributed by atoms with van der Waals surface area (Å²) in [5.74, 6) is 1.77. The highest BCUT2D eigenvalue weighted by molar-refractivity contribution is 8.01. The van der Waals surface area contributed by atoms with Crippen LogP contribution in [-0.4, -0.2) is 49.6 Å². The third-order valence-electron chi connectivity index (χ3n) is 3.37. The number of rotatable bonds is 5. The Morgan fingerprint density at radius 2 is 2.25 bits per heavy atom. The molecule has 0 bridgehead atoms. The van der Waals surface area contributed by atoms with E-state index in [2.05, 4.69) is 10.3 Å². The number of nitrogens with zero attached hydrogens (tertiary/aromatic N) is 2. The highest BCUT2D eigenvalue weighted by Gasteiger charge is 2.34. The van der Waals surface area contributed by atoms with Gasteiger partial charge in [0.05, 0.1) is 5.69 Å². The third-order valence-corrected chi connectivity index (χ3v) is 7.85. The minimum atomic E-state index is -3.08. The first-order chi connectivity index (χ1) is 9.49. The van der Waals surface area contributed by atoms with Crippen molar-refractivity contribution in [3.63, 3.8) is 0 Å². The second-order valence-electron chi connectivity index (χ2n) is 4.71. The number of aromatic nitrogens is 1. The van der Waals surface area contributed by atoms with Gasteiger partial charge in [0.2, 0.25) is 0 Å². The second-order valence-corrected chi connectivity index (χ2v) is 9.37. The van der Waals surface area contributed by atoms with Gasteiger partial charge in [-0.15, -0.1) is 11.3 Å². The molecule has 1 saturated heterocycles. The van der Waals surface area contributed by atoms with Crippen LogP contribution in [-0.2, 0) is 16.4 Å². The van der Waals surface area contributed by atoms with Crippen LogP contribution in [0.15, 0.2) is 0 Å². The van der Waals surface area contributed by atoms with Gasteiger partial charge in [-0.25, -0.2) is 13.4 Å². The predicted molar refractivity (Wildman–Crippen MR) is 87.5 cm³/mol. The Balaban J connectivity index is 2.30. The number of thiazole rings is 1. The quantitative estimate of drug-likeness (QED) is 0.879. The van der Waals surface area contributed by atoms with Crippen molar-refractivity contribution >= 4 is 38.1 Å². The number of hydrogen-bond donors (Lipinski definition) is 1. The van der Waals surface area contributed by atoms with Gasteiger partial charge >= 0.3 is 0 Å². The van der Waals surface area contributed by atoms with Gasteiger partial charge in [0.1, 0.15) is 5.37 Å². The first kappa shape index (κ1) is 16.1. The van der Waals surface area contributed by atoms with Gasteiger partial charge in [-0.1, -0.05) is 6.92 Å². The largest absolute Gasteiger partial charge is 0.329 e. The van der Waals surface area contributed by atoms with Crippen molar-refractivity contribution in [1.82, 2.24) is 10.3 Å². The highest BCUT2D eigenvalue weighted by atomic mass is 32.2. The molecule has 2 rings (SSSR count). The minimum Gasteiger partial charge on any atom is -0.329 e. The average molecular weight is 336 g/mol. The molecule has 1 aromatic heterocycles. The first-order valence-electron chi connectivity index (χ1n) is 6.66. The van der Waals surface area contributed by atoms with Gasteiger partial charge in [0, 0.05) is 35.2 Å². The van der Waals surface area contributed by atoms with E-state index in [1.807, 2.05) is 18.9 Å². The van der Waals surface area contributed by atoms with E-state index < -0.39 is 15.2 Å². The summed E-state index contributed by atoms with van der Waals surface area (Å²) < 4.78 is 24.5. The standard InChI is InChI=1S/C12H21N3O2S3/c1-4-20(16,17)11-8-18-6-5-15(11)12-14-9(2)10(19-12)7-13-3/h11,13H,4-8H2,1-3H3. The van der Waals surface area contributed by atoms with Crippen LogP contribution in [0.4, 0.5) is 5.13 Å². The van der Waals surface area contributed by atoms with Gasteiger partial charge in [0.15, 0.2) is 15.0 Å². The van der Waals surface area contributed by atoms with E-state index in [-0.39, 0.29) is 5.75 Å². The molecular formula is C12H21N3O2S3. The van der Waals surface area contributed by atoms with E-state index in [4.69, 9.17) is 0 Å². The molecule has 0 spiro atoms. The number of hydrogen-bond acceptors (Lipinski definition) is 7. The Morgan fingerprint density at radius 1 is 1.50 bits per heavy atom. The fourth-order valence-corrected chi connectivity index (χ4v) is 6.33. The third kappa shape index (κ3) is 3.29. The lowest BCUT2D eigenvalue weighted by molar-refractivity contribution is 0.579. The summed E-state index contributed by atoms with van der Waals surface area (Å²) in [7, 11) is -1.17. The van der Waals surface area contributed by atoms with Crippen molar-refractivity contribution in [1.29, 1.82) is 0 Å². The molecule has 1 aliphatic rings. The van der Waals surface area contributed by atoms with Crippen LogP contribution in [0.3, 0.4) is 0 Å². The molecule has 1 N–H and O–H groups in total. The van der Waals surface area contributed by atoms with Crippen molar-refractivity contribution < 1.29 is 8.42 Å². The average Bonchev–Trinajstić information content (AvgIpc) is 2.81. The van der Waals surface area contributed by atoms with Crippen LogP contribution in [0.5, 0.6) is 0 Å². The molecule has 2 heterocycles. The zero-order chi connectivity index (χ0) is 14.8. The Bertz CT molecular complexity index is 556. The molecule has 0 aliphatic carbocycles. The van der Waals surface area contributed by atoms with Gasteiger partial charge < -0.3 is 10.2 Å². The molecule has 0 radical (unpaired) electrons. The maximum Gasteiger partial charge on any atom is 0.186 e. The summed E-state index contributed by atoms with van der Waals surface area (Å²) in [5.41, 5.74) is 0.991. The lowest BCUT2D eigenvalue weighted by atomic mass is 10.4. The van der Waals surface area contributed by atoms with Crippen LogP contribution < -0.4 is 10.2 Å². The molecule has 1 atom stereocenters. The van der Waals surface area contributed by atoms with Crippen molar-refractivity contribution in [2.24, 2.45) is 0 Å². The Labute approximate surface area is 129 Å². The minimum absolute atomic E-state index is 0.183. The zero-order valence-electron chi connectivity index (χ0n) is 12.0. The molecule has 0 saturated carbocycles. The van der Waals surface area contributed by atoms with Crippen LogP contribution in [0.1, 0.15) is 17.5 Å². The van der Waals surface area contributed by atoms with Gasteiger partial charge in [-0.05, 0) is 14.0 Å². The summed E-state index contributed by atoms with van der Waals surface area (Å²) in [5, 5.41) is 3.53. The lowest BCUT2D eigenvalue weighted by Crippen LogP contribution is -2.48. The zero-order valence-corrected chi connectivity index (χ0v) is 14.5. The summed E-state index contributed by atoms with van der Waals surface area (Å²) in [4.78, 5) is 7.73. The van der Waals surface area contributed by atoms with E-state index >= 15 is 0 Å². The molecular weight excluding hydrogens is 314 g/mol. The van der Waals surface area contributed by atoms with E-state index in [0.717, 1.165) is 29.7 Å². The fraction of sp³-hybridized carbons (Fsp3) is 0.750. The van der Waals surface area contributed by atoms with E-state index in [9.17, 15) is 8.42 Å². The van der Waals surface area contributed by atoms with Crippen molar-refractivity contribution in [2.45, 2.75) is 25.8 Å². The van der Waals surface area contributed by atoms with E-state index in [1.165, 1.54) is 4.88 Å². The molecule has 1 aliphatic heterocycles. The Kier molecular flexibility index (Phi) is 5.33. The van der Waals surface area contributed by atoms with Crippen molar-refractivity contribution in [2.75, 3.05) is 35.8 Å². The fourth-order valence-electron chi connectivity index (χ4n) is 2.15. The number of anilines is 1. The summed E-state index contributed by atoms with van der Waals surface area (Å²) in [6, 6.07) is 0. The molecule has 20 heavy (non-hydrogen) atoms. The van der Waals surface area contributed by atoms with E-state index in [1.54, 1.807) is 30.0 Å². The number of thioether (sulfide) groups is 1. The molecule has 0 amide bonds. The first-order valence-corrected chi connectivity index (χ1v) is 10.3. The molecule has 5 nitrogen and oxygen atoms in total. The number of nitrogens with one attached hydrogen (secondary N) is 1. The van der Waals surface area contributed by atoms with Gasteiger partial charge in [-0.2, -0.15) is 11.8 Å². The smallest absolute Gasteiger partial charge is 0.186 e. The topological polar surface area (TPSA) is 62.3 Å². The van der Waals surface area contributed by atoms with Crippen LogP contribution >= 0.6 is 23.1 Å². The van der Waals surface area contributed by atoms with Crippen molar-refractivity contribution in [3.8, 4) is 0 Å². The normalized spacial score (nSPS) is 20.4. The Morgan fingerprint density at radius 3 is 2.90 bits per heavy atom. The summed E-state index contributed by atoms with van der Waals surface area (Å²) in [6.45, 7) is 5.22. The van der Waals surface area contributed by atoms with Gasteiger partial charge in [0.25, 0.3) is 0 Å². The highest BCUT2D eigenvalue weighted by Crippen LogP contribution is 2.32. The maximum absolute atomic E-state index is 12.3. The molecule has 0 aromatic carbocycles. The SMILES string of the molecule is CCS(=O)(=O)C1CSCCN1c1nc(C)c(CNC)s1. The summed E-state index contributed by atoms with van der Waals surface area (Å²) >= 11 is 3.31. The van der Waals surface area contributed by atoms with E-state index in [0.29, 0.717) is 5.75 Å². The lowest BCUT2D eigenvalue weighted by Gasteiger charge is -2.34. The second kappa shape index (κ2) is 6.64.